The lowest BCUT2D eigenvalue weighted by molar-refractivity contribution is -0.0345. The summed E-state index contributed by atoms with van der Waals surface area (Å²) in [5.41, 5.74) is -0.332. The topological polar surface area (TPSA) is 53.2 Å². The fraction of sp³-hybridized carbons (Fsp3) is 0.778. The highest BCUT2D eigenvalue weighted by Crippen LogP contribution is 2.46. The third kappa shape index (κ3) is 3.94. The predicted octanol–water partition coefficient (Wildman–Crippen LogP) is 2.93. The number of hydrogen-bond acceptors (Lipinski definition) is 3. The summed E-state index contributed by atoms with van der Waals surface area (Å²) in [7, 11) is 1.50. The lowest BCUT2D eigenvalue weighted by Crippen LogP contribution is -2.38. The smallest absolute Gasteiger partial charge is 0.332 e. The second-order valence-corrected chi connectivity index (χ2v) is 9.01. The van der Waals surface area contributed by atoms with Crippen LogP contribution < -0.4 is 11.2 Å². The van der Waals surface area contributed by atoms with Crippen LogP contribution in [0.3, 0.4) is 0 Å². The van der Waals surface area contributed by atoms with E-state index in [2.05, 4.69) is 41.5 Å². The molecule has 1 saturated heterocycles. The molecule has 0 amide bonds. The highest BCUT2D eigenvalue weighted by atomic mass is 16.5. The van der Waals surface area contributed by atoms with Gasteiger partial charge in [0.15, 0.2) is 0 Å². The van der Waals surface area contributed by atoms with Gasteiger partial charge in [0.1, 0.15) is 6.23 Å². The van der Waals surface area contributed by atoms with Gasteiger partial charge >= 0.3 is 5.69 Å². The van der Waals surface area contributed by atoms with Gasteiger partial charge in [-0.1, -0.05) is 41.5 Å². The van der Waals surface area contributed by atoms with Crippen molar-refractivity contribution in [1.29, 1.82) is 0 Å². The van der Waals surface area contributed by atoms with Crippen LogP contribution >= 0.6 is 0 Å². The molecule has 0 spiro atoms. The molecule has 1 aliphatic heterocycles. The molecule has 0 saturated carbocycles. The fourth-order valence-corrected chi connectivity index (χ4v) is 3.41. The maximum absolute atomic E-state index is 12.4. The zero-order valence-corrected chi connectivity index (χ0v) is 15.4. The minimum absolute atomic E-state index is 0.106. The number of nitrogens with zero attached hydrogens (tertiary/aromatic N) is 2. The Hall–Kier alpha value is -1.36. The quantitative estimate of drug-likeness (QED) is 0.841. The summed E-state index contributed by atoms with van der Waals surface area (Å²) in [6, 6.07) is 1.42. The lowest BCUT2D eigenvalue weighted by Gasteiger charge is -2.33. The van der Waals surface area contributed by atoms with Crippen molar-refractivity contribution in [1.82, 2.24) is 9.13 Å². The highest BCUT2D eigenvalue weighted by molar-refractivity contribution is 4.93. The molecule has 2 rings (SSSR count). The first-order valence-corrected chi connectivity index (χ1v) is 8.34. The molecule has 1 fully saturated rings. The number of rotatable bonds is 2. The number of aromatic nitrogens is 2. The maximum atomic E-state index is 12.4. The Morgan fingerprint density at radius 3 is 2.30 bits per heavy atom. The first kappa shape index (κ1) is 18.0. The molecule has 1 aliphatic rings. The van der Waals surface area contributed by atoms with E-state index in [1.54, 1.807) is 10.8 Å². The first-order chi connectivity index (χ1) is 10.4. The lowest BCUT2D eigenvalue weighted by atomic mass is 9.73. The number of hydrogen-bond donors (Lipinski definition) is 0. The predicted molar refractivity (Wildman–Crippen MR) is 91.5 cm³/mol. The van der Waals surface area contributed by atoms with Gasteiger partial charge in [0, 0.05) is 19.3 Å². The van der Waals surface area contributed by atoms with Crippen LogP contribution in [0.4, 0.5) is 0 Å². The van der Waals surface area contributed by atoms with Crippen molar-refractivity contribution in [3.63, 3.8) is 0 Å². The van der Waals surface area contributed by atoms with Crippen LogP contribution in [0.5, 0.6) is 0 Å². The van der Waals surface area contributed by atoms with Crippen LogP contribution in [0, 0.1) is 16.7 Å². The molecule has 5 heteroatoms. The molecule has 0 bridgehead atoms. The van der Waals surface area contributed by atoms with Crippen molar-refractivity contribution in [2.24, 2.45) is 23.8 Å². The minimum atomic E-state index is -0.313. The second-order valence-electron chi connectivity index (χ2n) is 9.01. The third-order valence-electron chi connectivity index (χ3n) is 4.69. The fourth-order valence-electron chi connectivity index (χ4n) is 3.41. The monoisotopic (exact) mass is 322 g/mol. The van der Waals surface area contributed by atoms with Crippen molar-refractivity contribution in [2.45, 2.75) is 66.7 Å². The summed E-state index contributed by atoms with van der Waals surface area (Å²) in [6.45, 7) is 13.3. The van der Waals surface area contributed by atoms with E-state index >= 15 is 0 Å². The summed E-state index contributed by atoms with van der Waals surface area (Å²) in [5.74, 6) is 0.371. The van der Waals surface area contributed by atoms with E-state index in [0.717, 1.165) is 17.4 Å². The van der Waals surface area contributed by atoms with Crippen LogP contribution in [0.1, 0.15) is 60.6 Å². The van der Waals surface area contributed by atoms with E-state index in [-0.39, 0.29) is 34.4 Å². The van der Waals surface area contributed by atoms with E-state index in [4.69, 9.17) is 4.74 Å². The van der Waals surface area contributed by atoms with Crippen molar-refractivity contribution in [3.05, 3.63) is 33.1 Å². The molecular formula is C18H30N2O3. The molecule has 3 atom stereocenters. The molecule has 130 valence electrons. The van der Waals surface area contributed by atoms with Gasteiger partial charge in [-0.15, -0.1) is 0 Å². The van der Waals surface area contributed by atoms with E-state index < -0.39 is 0 Å². The molecule has 23 heavy (non-hydrogen) atoms. The van der Waals surface area contributed by atoms with E-state index in [1.165, 1.54) is 13.1 Å². The average Bonchev–Trinajstić information content (AvgIpc) is 2.77. The molecule has 0 radical (unpaired) electrons. The van der Waals surface area contributed by atoms with Crippen molar-refractivity contribution in [3.8, 4) is 0 Å². The van der Waals surface area contributed by atoms with E-state index in [0.29, 0.717) is 5.92 Å². The Morgan fingerprint density at radius 2 is 1.78 bits per heavy atom. The summed E-state index contributed by atoms with van der Waals surface area (Å²) in [6.07, 6.45) is 3.12. The maximum Gasteiger partial charge on any atom is 0.332 e. The zero-order valence-electron chi connectivity index (χ0n) is 15.4. The van der Waals surface area contributed by atoms with Gasteiger partial charge in [0.05, 0.1) is 6.10 Å². The third-order valence-corrected chi connectivity index (χ3v) is 4.69. The van der Waals surface area contributed by atoms with Gasteiger partial charge < -0.3 is 4.74 Å². The average molecular weight is 322 g/mol. The van der Waals surface area contributed by atoms with Crippen molar-refractivity contribution in [2.75, 3.05) is 0 Å². The Morgan fingerprint density at radius 1 is 1.17 bits per heavy atom. The van der Waals surface area contributed by atoms with Crippen molar-refractivity contribution >= 4 is 0 Å². The van der Waals surface area contributed by atoms with E-state index in [9.17, 15) is 9.59 Å². The Labute approximate surface area is 138 Å². The van der Waals surface area contributed by atoms with Crippen molar-refractivity contribution < 1.29 is 4.74 Å². The number of ether oxygens (including phenoxy) is 1. The highest BCUT2D eigenvalue weighted by Gasteiger charge is 2.43. The van der Waals surface area contributed by atoms with Crippen LogP contribution in [0.25, 0.3) is 0 Å². The van der Waals surface area contributed by atoms with Gasteiger partial charge in [-0.25, -0.2) is 4.79 Å². The van der Waals surface area contributed by atoms with Gasteiger partial charge in [-0.2, -0.15) is 0 Å². The molecule has 0 unspecified atom stereocenters. The summed E-state index contributed by atoms with van der Waals surface area (Å²) < 4.78 is 8.98. The molecule has 0 aliphatic carbocycles. The second kappa shape index (κ2) is 5.93. The largest absolute Gasteiger partial charge is 0.354 e. The Bertz CT molecular complexity index is 673. The first-order valence-electron chi connectivity index (χ1n) is 8.34. The molecule has 2 heterocycles. The molecule has 0 aromatic carbocycles. The molecule has 5 nitrogen and oxygen atoms in total. The van der Waals surface area contributed by atoms with Crippen LogP contribution in [0.2, 0.25) is 0 Å². The van der Waals surface area contributed by atoms with Gasteiger partial charge in [0.25, 0.3) is 5.56 Å². The van der Waals surface area contributed by atoms with Crippen LogP contribution in [-0.2, 0) is 11.8 Å². The Balaban J connectivity index is 2.35. The van der Waals surface area contributed by atoms with Crippen LogP contribution in [-0.4, -0.2) is 15.2 Å². The molecule has 0 N–H and O–H groups in total. The minimum Gasteiger partial charge on any atom is -0.354 e. The summed E-state index contributed by atoms with van der Waals surface area (Å²) in [4.78, 5) is 24.0. The molecule has 1 aromatic heterocycles. The standard InChI is InChI=1S/C18H30N2O3/c1-17(2,3)11-13-12(18(4,5)6)10-15(23-13)20-9-8-14(21)19(7)16(20)22/h8-9,12-13,15H,10-11H2,1-7H3/t12-,13-,15-/m1/s1. The normalized spacial score (nSPS) is 25.8. The summed E-state index contributed by atoms with van der Waals surface area (Å²) in [5, 5.41) is 0. The van der Waals surface area contributed by atoms with E-state index in [1.807, 2.05) is 0 Å². The zero-order chi connectivity index (χ0) is 17.6. The van der Waals surface area contributed by atoms with Gasteiger partial charge in [-0.3, -0.25) is 13.9 Å². The van der Waals surface area contributed by atoms with Gasteiger partial charge in [-0.05, 0) is 29.6 Å². The molecule has 1 aromatic rings. The van der Waals surface area contributed by atoms with Gasteiger partial charge in [0.2, 0.25) is 0 Å². The molecular weight excluding hydrogens is 292 g/mol. The van der Waals surface area contributed by atoms with Crippen LogP contribution in [0.15, 0.2) is 21.9 Å². The summed E-state index contributed by atoms with van der Waals surface area (Å²) >= 11 is 0. The Kier molecular flexibility index (Phi) is 4.64. The SMILES string of the molecule is Cn1c(=O)ccn([C@H]2C[C@@H](C(C)(C)C)[C@@H](CC(C)(C)C)O2)c1=O.